The summed E-state index contributed by atoms with van der Waals surface area (Å²) >= 11 is 0. The van der Waals surface area contributed by atoms with Gasteiger partial charge >= 0.3 is 0 Å². The number of hydrogen-bond donors (Lipinski definition) is 1. The molecule has 3 nitrogen and oxygen atoms in total. The van der Waals surface area contributed by atoms with E-state index in [1.165, 1.54) is 18.2 Å². The maximum absolute atomic E-state index is 13.3. The van der Waals surface area contributed by atoms with Gasteiger partial charge in [0.05, 0.1) is 12.2 Å². The fourth-order valence-corrected chi connectivity index (χ4v) is 2.27. The molecule has 98 valence electrons. The molecule has 0 spiro atoms. The number of Topliss-reactive ketones (excluding diaryl/α,β-unsaturated/α-hetero) is 1. The van der Waals surface area contributed by atoms with E-state index in [2.05, 4.69) is 5.32 Å². The van der Waals surface area contributed by atoms with Crippen LogP contribution in [0.15, 0.2) is 18.2 Å². The topological polar surface area (TPSA) is 38.3 Å². The second-order valence-corrected chi connectivity index (χ2v) is 4.48. The number of rotatable bonds is 4. The van der Waals surface area contributed by atoms with E-state index in [0.29, 0.717) is 24.5 Å². The maximum Gasteiger partial charge on any atom is 0.171 e. The first-order valence-corrected chi connectivity index (χ1v) is 6.39. The minimum Gasteiger partial charge on any atom is -0.493 e. The van der Waals surface area contributed by atoms with Crippen LogP contribution in [-0.2, 0) is 0 Å². The summed E-state index contributed by atoms with van der Waals surface area (Å²) < 4.78 is 18.7. The predicted molar refractivity (Wildman–Crippen MR) is 67.5 cm³/mol. The molecule has 1 aliphatic heterocycles. The quantitative estimate of drug-likeness (QED) is 0.835. The highest BCUT2D eigenvalue weighted by molar-refractivity contribution is 6.00. The Bertz CT molecular complexity index is 428. The number of benzene rings is 1. The Morgan fingerprint density at radius 3 is 3.06 bits per heavy atom. The van der Waals surface area contributed by atoms with Gasteiger partial charge in [-0.1, -0.05) is 0 Å². The molecule has 1 aliphatic rings. The van der Waals surface area contributed by atoms with Crippen molar-refractivity contribution in [1.29, 1.82) is 0 Å². The smallest absolute Gasteiger partial charge is 0.171 e. The zero-order chi connectivity index (χ0) is 13.0. The average molecular weight is 251 g/mol. The molecule has 0 aliphatic carbocycles. The number of hydrogen-bond acceptors (Lipinski definition) is 3. The molecule has 0 aromatic heterocycles. The minimum absolute atomic E-state index is 0.0230. The number of ether oxygens (including phenoxy) is 1. The first-order chi connectivity index (χ1) is 8.72. The summed E-state index contributed by atoms with van der Waals surface area (Å²) in [6.07, 6.45) is 1.84. The van der Waals surface area contributed by atoms with Gasteiger partial charge in [-0.2, -0.15) is 0 Å². The largest absolute Gasteiger partial charge is 0.493 e. The number of piperidine rings is 1. The summed E-state index contributed by atoms with van der Waals surface area (Å²) in [6, 6.07) is 4.13. The van der Waals surface area contributed by atoms with Gasteiger partial charge in [-0.15, -0.1) is 0 Å². The zero-order valence-corrected chi connectivity index (χ0v) is 10.5. The van der Waals surface area contributed by atoms with Crippen molar-refractivity contribution in [3.63, 3.8) is 0 Å². The van der Waals surface area contributed by atoms with E-state index in [1.807, 2.05) is 6.92 Å². The van der Waals surface area contributed by atoms with Crippen LogP contribution in [0.25, 0.3) is 0 Å². The fraction of sp³-hybridized carbons (Fsp3) is 0.500. The van der Waals surface area contributed by atoms with E-state index in [-0.39, 0.29) is 11.7 Å². The molecule has 1 N–H and O–H groups in total. The number of halogens is 1. The second kappa shape index (κ2) is 5.96. The molecule has 2 rings (SSSR count). The first kappa shape index (κ1) is 13.0. The average Bonchev–Trinajstić information content (AvgIpc) is 2.41. The van der Waals surface area contributed by atoms with Crippen molar-refractivity contribution in [2.45, 2.75) is 19.8 Å². The number of ketones is 1. The first-order valence-electron chi connectivity index (χ1n) is 6.39. The van der Waals surface area contributed by atoms with Crippen LogP contribution in [-0.4, -0.2) is 25.5 Å². The van der Waals surface area contributed by atoms with Gasteiger partial charge in [0.2, 0.25) is 0 Å². The third kappa shape index (κ3) is 2.88. The van der Waals surface area contributed by atoms with E-state index in [4.69, 9.17) is 4.74 Å². The highest BCUT2D eigenvalue weighted by atomic mass is 19.1. The highest BCUT2D eigenvalue weighted by Crippen LogP contribution is 2.25. The summed E-state index contributed by atoms with van der Waals surface area (Å²) in [4.78, 5) is 12.4. The summed E-state index contributed by atoms with van der Waals surface area (Å²) in [5.41, 5.74) is 0.366. The van der Waals surface area contributed by atoms with Crippen LogP contribution in [0.2, 0.25) is 0 Å². The summed E-state index contributed by atoms with van der Waals surface area (Å²) in [7, 11) is 0. The van der Waals surface area contributed by atoms with Crippen LogP contribution < -0.4 is 10.1 Å². The third-order valence-corrected chi connectivity index (χ3v) is 3.17. The van der Waals surface area contributed by atoms with Gasteiger partial charge in [-0.05, 0) is 44.5 Å². The van der Waals surface area contributed by atoms with Crippen LogP contribution in [0.5, 0.6) is 5.75 Å². The summed E-state index contributed by atoms with van der Waals surface area (Å²) in [5.74, 6) is -0.00930. The lowest BCUT2D eigenvalue weighted by Crippen LogP contribution is -2.34. The molecular formula is C14H18FNO2. The fourth-order valence-electron chi connectivity index (χ4n) is 2.27. The Morgan fingerprint density at radius 1 is 1.56 bits per heavy atom. The van der Waals surface area contributed by atoms with Crippen LogP contribution in [0, 0.1) is 11.7 Å². The molecule has 0 amide bonds. The standard InChI is InChI=1S/C14H18FNO2/c1-2-18-13-6-5-11(15)8-12(13)14(17)10-4-3-7-16-9-10/h5-6,8,10,16H,2-4,7,9H2,1H3. The van der Waals surface area contributed by atoms with Gasteiger partial charge in [0.25, 0.3) is 0 Å². The van der Waals surface area contributed by atoms with E-state index in [1.54, 1.807) is 0 Å². The molecule has 0 bridgehead atoms. The van der Waals surface area contributed by atoms with Gasteiger partial charge in [0.1, 0.15) is 11.6 Å². The van der Waals surface area contributed by atoms with Crippen molar-refractivity contribution >= 4 is 5.78 Å². The molecule has 1 atom stereocenters. The number of nitrogens with one attached hydrogen (secondary N) is 1. The van der Waals surface area contributed by atoms with Crippen LogP contribution in [0.4, 0.5) is 4.39 Å². The Kier molecular flexibility index (Phi) is 4.31. The molecule has 1 heterocycles. The monoisotopic (exact) mass is 251 g/mol. The van der Waals surface area contributed by atoms with Gasteiger partial charge in [-0.25, -0.2) is 4.39 Å². The Hall–Kier alpha value is -1.42. The van der Waals surface area contributed by atoms with Crippen molar-refractivity contribution < 1.29 is 13.9 Å². The van der Waals surface area contributed by atoms with Crippen molar-refractivity contribution in [3.8, 4) is 5.75 Å². The van der Waals surface area contributed by atoms with E-state index >= 15 is 0 Å². The zero-order valence-electron chi connectivity index (χ0n) is 10.5. The Balaban J connectivity index is 2.24. The summed E-state index contributed by atoms with van der Waals surface area (Å²) in [5, 5.41) is 3.20. The molecule has 0 saturated carbocycles. The summed E-state index contributed by atoms with van der Waals surface area (Å²) in [6.45, 7) is 3.93. The molecule has 1 aromatic rings. The van der Waals surface area contributed by atoms with Crippen molar-refractivity contribution in [2.75, 3.05) is 19.7 Å². The molecule has 1 aromatic carbocycles. The minimum atomic E-state index is -0.398. The molecule has 0 radical (unpaired) electrons. The predicted octanol–water partition coefficient (Wildman–Crippen LogP) is 2.41. The molecule has 1 unspecified atom stereocenters. The molecule has 1 saturated heterocycles. The molecule has 4 heteroatoms. The van der Waals surface area contributed by atoms with Gasteiger partial charge in [-0.3, -0.25) is 4.79 Å². The molecule has 18 heavy (non-hydrogen) atoms. The van der Waals surface area contributed by atoms with E-state index in [0.717, 1.165) is 19.4 Å². The normalized spacial score (nSPS) is 19.6. The van der Waals surface area contributed by atoms with Crippen molar-refractivity contribution in [3.05, 3.63) is 29.6 Å². The van der Waals surface area contributed by atoms with Gasteiger partial charge in [0, 0.05) is 12.5 Å². The Morgan fingerprint density at radius 2 is 2.39 bits per heavy atom. The number of carbonyl (C=O) groups is 1. The SMILES string of the molecule is CCOc1ccc(F)cc1C(=O)C1CCCNC1. The highest BCUT2D eigenvalue weighted by Gasteiger charge is 2.25. The van der Waals surface area contributed by atoms with Gasteiger partial charge < -0.3 is 10.1 Å². The maximum atomic E-state index is 13.3. The lowest BCUT2D eigenvalue weighted by molar-refractivity contribution is 0.0895. The third-order valence-electron chi connectivity index (χ3n) is 3.17. The molecular weight excluding hydrogens is 233 g/mol. The van der Waals surface area contributed by atoms with Crippen molar-refractivity contribution in [1.82, 2.24) is 5.32 Å². The van der Waals surface area contributed by atoms with Crippen molar-refractivity contribution in [2.24, 2.45) is 5.92 Å². The molecule has 1 fully saturated rings. The lowest BCUT2D eigenvalue weighted by atomic mass is 9.90. The van der Waals surface area contributed by atoms with Crippen LogP contribution in [0.1, 0.15) is 30.1 Å². The van der Waals surface area contributed by atoms with E-state index in [9.17, 15) is 9.18 Å². The van der Waals surface area contributed by atoms with Gasteiger partial charge in [0.15, 0.2) is 5.78 Å². The van der Waals surface area contributed by atoms with E-state index < -0.39 is 5.82 Å². The van der Waals surface area contributed by atoms with Crippen LogP contribution >= 0.6 is 0 Å². The Labute approximate surface area is 106 Å². The van der Waals surface area contributed by atoms with Crippen LogP contribution in [0.3, 0.4) is 0 Å². The lowest BCUT2D eigenvalue weighted by Gasteiger charge is -2.22. The second-order valence-electron chi connectivity index (χ2n) is 4.48. The number of carbonyl (C=O) groups excluding carboxylic acids is 1.